The lowest BCUT2D eigenvalue weighted by Gasteiger charge is -2.27. The second-order valence-electron chi connectivity index (χ2n) is 4.51. The monoisotopic (exact) mass is 226 g/mol. The molecule has 1 aliphatic carbocycles. The van der Waals surface area contributed by atoms with Crippen molar-refractivity contribution in [3.63, 3.8) is 0 Å². The maximum atomic E-state index is 11.3. The molecule has 1 aromatic heterocycles. The standard InChI is InChI=1S/C14H14N2O/c17-14-8-13(15-9-16-14)12-7-2-1-6-11(12)10-4-3-5-10/h1-2,6-10H,3-5H2,(H,15,16,17). The molecule has 1 fully saturated rings. The Kier molecular flexibility index (Phi) is 2.52. The summed E-state index contributed by atoms with van der Waals surface area (Å²) in [5.74, 6) is 0.646. The molecule has 0 saturated heterocycles. The Bertz CT molecular complexity index is 585. The van der Waals surface area contributed by atoms with E-state index in [4.69, 9.17) is 0 Å². The van der Waals surface area contributed by atoms with E-state index in [1.165, 1.54) is 31.2 Å². The summed E-state index contributed by atoms with van der Waals surface area (Å²) in [6.45, 7) is 0. The topological polar surface area (TPSA) is 45.8 Å². The van der Waals surface area contributed by atoms with E-state index in [9.17, 15) is 4.79 Å². The Hall–Kier alpha value is -1.90. The molecule has 1 N–H and O–H groups in total. The second kappa shape index (κ2) is 4.17. The van der Waals surface area contributed by atoms with E-state index in [0.29, 0.717) is 5.92 Å². The van der Waals surface area contributed by atoms with Gasteiger partial charge in [-0.1, -0.05) is 30.7 Å². The van der Waals surface area contributed by atoms with Crippen molar-refractivity contribution >= 4 is 0 Å². The predicted octanol–water partition coefficient (Wildman–Crippen LogP) is 2.70. The van der Waals surface area contributed by atoms with Crippen LogP contribution in [0.4, 0.5) is 0 Å². The van der Waals surface area contributed by atoms with Crippen molar-refractivity contribution in [2.24, 2.45) is 0 Å². The molecule has 1 aliphatic rings. The van der Waals surface area contributed by atoms with Crippen molar-refractivity contribution in [2.75, 3.05) is 0 Å². The molecule has 0 bridgehead atoms. The van der Waals surface area contributed by atoms with E-state index in [2.05, 4.69) is 28.2 Å². The summed E-state index contributed by atoms with van der Waals surface area (Å²) in [5, 5.41) is 0. The molecule has 3 nitrogen and oxygen atoms in total. The maximum Gasteiger partial charge on any atom is 0.251 e. The summed E-state index contributed by atoms with van der Waals surface area (Å²) in [4.78, 5) is 18.1. The molecule has 86 valence electrons. The number of benzene rings is 1. The van der Waals surface area contributed by atoms with Gasteiger partial charge in [-0.15, -0.1) is 0 Å². The minimum Gasteiger partial charge on any atom is -0.313 e. The zero-order chi connectivity index (χ0) is 11.7. The molecule has 0 radical (unpaired) electrons. The zero-order valence-corrected chi connectivity index (χ0v) is 9.52. The zero-order valence-electron chi connectivity index (χ0n) is 9.52. The first-order chi connectivity index (χ1) is 8.34. The van der Waals surface area contributed by atoms with Crippen LogP contribution in [0.25, 0.3) is 11.3 Å². The van der Waals surface area contributed by atoms with E-state index in [1.807, 2.05) is 6.07 Å². The van der Waals surface area contributed by atoms with Crippen LogP contribution in [-0.4, -0.2) is 9.97 Å². The highest BCUT2D eigenvalue weighted by molar-refractivity contribution is 5.64. The molecule has 17 heavy (non-hydrogen) atoms. The Morgan fingerprint density at radius 2 is 2.06 bits per heavy atom. The molecule has 0 atom stereocenters. The maximum absolute atomic E-state index is 11.3. The van der Waals surface area contributed by atoms with Gasteiger partial charge in [-0.3, -0.25) is 4.79 Å². The smallest absolute Gasteiger partial charge is 0.251 e. The van der Waals surface area contributed by atoms with E-state index in [0.717, 1.165) is 11.3 Å². The molecule has 0 aliphatic heterocycles. The van der Waals surface area contributed by atoms with Crippen LogP contribution in [0.5, 0.6) is 0 Å². The van der Waals surface area contributed by atoms with Gasteiger partial charge < -0.3 is 4.98 Å². The largest absolute Gasteiger partial charge is 0.313 e. The van der Waals surface area contributed by atoms with Crippen LogP contribution in [0.2, 0.25) is 0 Å². The average molecular weight is 226 g/mol. The van der Waals surface area contributed by atoms with Crippen molar-refractivity contribution in [1.29, 1.82) is 0 Å². The number of aromatic amines is 1. The molecule has 1 aromatic carbocycles. The van der Waals surface area contributed by atoms with E-state index >= 15 is 0 Å². The molecule has 1 saturated carbocycles. The number of H-pyrrole nitrogens is 1. The first-order valence-corrected chi connectivity index (χ1v) is 5.98. The van der Waals surface area contributed by atoms with Gasteiger partial charge in [0.15, 0.2) is 0 Å². The fraction of sp³-hybridized carbons (Fsp3) is 0.286. The fourth-order valence-electron chi connectivity index (χ4n) is 2.32. The van der Waals surface area contributed by atoms with E-state index in [1.54, 1.807) is 6.07 Å². The molecule has 1 heterocycles. The van der Waals surface area contributed by atoms with Crippen LogP contribution in [0.1, 0.15) is 30.7 Å². The summed E-state index contributed by atoms with van der Waals surface area (Å²) in [5.41, 5.74) is 3.11. The lowest BCUT2D eigenvalue weighted by Crippen LogP contribution is -2.11. The van der Waals surface area contributed by atoms with Crippen molar-refractivity contribution in [3.05, 3.63) is 52.6 Å². The minimum absolute atomic E-state index is 0.0987. The first kappa shape index (κ1) is 10.3. The first-order valence-electron chi connectivity index (χ1n) is 5.98. The Morgan fingerprint density at radius 3 is 2.76 bits per heavy atom. The Balaban J connectivity index is 2.10. The highest BCUT2D eigenvalue weighted by Crippen LogP contribution is 2.40. The van der Waals surface area contributed by atoms with Gasteiger partial charge in [-0.25, -0.2) is 4.98 Å². The highest BCUT2D eigenvalue weighted by atomic mass is 16.1. The van der Waals surface area contributed by atoms with Gasteiger partial charge in [-0.05, 0) is 24.3 Å². The second-order valence-corrected chi connectivity index (χ2v) is 4.51. The molecular formula is C14H14N2O. The van der Waals surface area contributed by atoms with Crippen LogP contribution in [0, 0.1) is 0 Å². The minimum atomic E-state index is -0.0987. The van der Waals surface area contributed by atoms with E-state index in [-0.39, 0.29) is 5.56 Å². The third-order valence-corrected chi connectivity index (χ3v) is 3.46. The number of aromatic nitrogens is 2. The normalized spacial score (nSPS) is 15.5. The molecule has 0 unspecified atom stereocenters. The van der Waals surface area contributed by atoms with Gasteiger partial charge in [0.25, 0.3) is 5.56 Å². The molecule has 3 heteroatoms. The molecule has 0 spiro atoms. The van der Waals surface area contributed by atoms with Crippen LogP contribution in [-0.2, 0) is 0 Å². The Morgan fingerprint density at radius 1 is 1.24 bits per heavy atom. The lowest BCUT2D eigenvalue weighted by atomic mass is 9.78. The number of hydrogen-bond donors (Lipinski definition) is 1. The number of nitrogens with zero attached hydrogens (tertiary/aromatic N) is 1. The van der Waals surface area contributed by atoms with Crippen molar-refractivity contribution in [3.8, 4) is 11.3 Å². The number of nitrogens with one attached hydrogen (secondary N) is 1. The van der Waals surface area contributed by atoms with Gasteiger partial charge >= 0.3 is 0 Å². The number of hydrogen-bond acceptors (Lipinski definition) is 2. The van der Waals surface area contributed by atoms with Crippen LogP contribution in [0.15, 0.2) is 41.5 Å². The van der Waals surface area contributed by atoms with Crippen LogP contribution >= 0.6 is 0 Å². The van der Waals surface area contributed by atoms with Gasteiger partial charge in [0.1, 0.15) is 0 Å². The summed E-state index contributed by atoms with van der Waals surface area (Å²) in [7, 11) is 0. The predicted molar refractivity (Wildman–Crippen MR) is 66.9 cm³/mol. The van der Waals surface area contributed by atoms with E-state index < -0.39 is 0 Å². The van der Waals surface area contributed by atoms with Crippen LogP contribution < -0.4 is 5.56 Å². The average Bonchev–Trinajstić information content (AvgIpc) is 2.27. The third-order valence-electron chi connectivity index (χ3n) is 3.46. The summed E-state index contributed by atoms with van der Waals surface area (Å²) in [6, 6.07) is 9.83. The quantitative estimate of drug-likeness (QED) is 0.855. The summed E-state index contributed by atoms with van der Waals surface area (Å²) >= 11 is 0. The molecular weight excluding hydrogens is 212 g/mol. The highest BCUT2D eigenvalue weighted by Gasteiger charge is 2.22. The Labute approximate surface area is 99.5 Å². The summed E-state index contributed by atoms with van der Waals surface area (Å²) in [6.07, 6.45) is 5.28. The SMILES string of the molecule is O=c1cc(-c2ccccc2C2CCC2)nc[nH]1. The fourth-order valence-corrected chi connectivity index (χ4v) is 2.32. The molecule has 2 aromatic rings. The van der Waals surface area contributed by atoms with Gasteiger partial charge in [-0.2, -0.15) is 0 Å². The molecule has 0 amide bonds. The van der Waals surface area contributed by atoms with Gasteiger partial charge in [0.05, 0.1) is 12.0 Å². The lowest BCUT2D eigenvalue weighted by molar-refractivity contribution is 0.420. The van der Waals surface area contributed by atoms with Crippen molar-refractivity contribution in [1.82, 2.24) is 9.97 Å². The van der Waals surface area contributed by atoms with Crippen molar-refractivity contribution < 1.29 is 0 Å². The van der Waals surface area contributed by atoms with Gasteiger partial charge in [0.2, 0.25) is 0 Å². The van der Waals surface area contributed by atoms with Crippen molar-refractivity contribution in [2.45, 2.75) is 25.2 Å². The van der Waals surface area contributed by atoms with Gasteiger partial charge in [0, 0.05) is 11.6 Å². The van der Waals surface area contributed by atoms with Crippen LogP contribution in [0.3, 0.4) is 0 Å². The summed E-state index contributed by atoms with van der Waals surface area (Å²) < 4.78 is 0. The number of rotatable bonds is 2. The molecule has 3 rings (SSSR count). The third kappa shape index (κ3) is 1.88.